The topological polar surface area (TPSA) is 45.4 Å². The van der Waals surface area contributed by atoms with E-state index >= 15 is 0 Å². The zero-order valence-corrected chi connectivity index (χ0v) is 12.6. The number of nitrogen functional groups attached to an aromatic ring is 1. The highest BCUT2D eigenvalue weighted by molar-refractivity contribution is 6.30. The number of aromatic nitrogens is 1. The summed E-state index contributed by atoms with van der Waals surface area (Å²) >= 11 is 5.93. The van der Waals surface area contributed by atoms with Crippen molar-refractivity contribution in [3.05, 3.63) is 53.2 Å². The Hall–Kier alpha value is -1.78. The summed E-state index contributed by atoms with van der Waals surface area (Å²) in [5, 5.41) is 0.783. The molecule has 1 aliphatic heterocycles. The van der Waals surface area contributed by atoms with Gasteiger partial charge in [0.2, 0.25) is 0 Å². The highest BCUT2D eigenvalue weighted by Gasteiger charge is 2.17. The number of hydrogen-bond donors (Lipinski definition) is 1. The fraction of sp³-hybridized carbons (Fsp3) is 0.312. The van der Waals surface area contributed by atoms with Crippen molar-refractivity contribution in [2.75, 3.05) is 36.8 Å². The molecule has 0 atom stereocenters. The van der Waals surface area contributed by atoms with Crippen molar-refractivity contribution < 1.29 is 0 Å². The van der Waals surface area contributed by atoms with Crippen molar-refractivity contribution >= 4 is 23.1 Å². The molecule has 110 valence electrons. The molecule has 1 fully saturated rings. The van der Waals surface area contributed by atoms with Crippen LogP contribution < -0.4 is 10.6 Å². The van der Waals surface area contributed by atoms with Gasteiger partial charge in [-0.2, -0.15) is 0 Å². The quantitative estimate of drug-likeness (QED) is 0.947. The first-order chi connectivity index (χ1) is 10.2. The summed E-state index contributed by atoms with van der Waals surface area (Å²) in [7, 11) is 0. The summed E-state index contributed by atoms with van der Waals surface area (Å²) in [6.45, 7) is 4.95. The molecule has 0 unspecified atom stereocenters. The zero-order chi connectivity index (χ0) is 14.7. The van der Waals surface area contributed by atoms with Crippen LogP contribution in [0.1, 0.15) is 5.69 Å². The van der Waals surface area contributed by atoms with Crippen molar-refractivity contribution in [1.29, 1.82) is 0 Å². The molecule has 0 aliphatic carbocycles. The minimum Gasteiger partial charge on any atom is -0.384 e. The Balaban J connectivity index is 1.56. The van der Waals surface area contributed by atoms with Crippen LogP contribution in [0.4, 0.5) is 11.5 Å². The first-order valence-electron chi connectivity index (χ1n) is 7.15. The van der Waals surface area contributed by atoms with E-state index in [0.29, 0.717) is 5.82 Å². The van der Waals surface area contributed by atoms with Crippen LogP contribution in [0, 0.1) is 0 Å². The van der Waals surface area contributed by atoms with Gasteiger partial charge in [0.05, 0.1) is 5.69 Å². The number of nitrogens with zero attached hydrogens (tertiary/aromatic N) is 3. The van der Waals surface area contributed by atoms with Crippen LogP contribution in [-0.4, -0.2) is 36.1 Å². The number of piperazine rings is 1. The predicted molar refractivity (Wildman–Crippen MR) is 87.6 cm³/mol. The Morgan fingerprint density at radius 3 is 2.38 bits per heavy atom. The van der Waals surface area contributed by atoms with Crippen LogP contribution in [0.2, 0.25) is 5.02 Å². The lowest BCUT2D eigenvalue weighted by atomic mass is 10.2. The third-order valence-electron chi connectivity index (χ3n) is 3.78. The number of rotatable bonds is 3. The summed E-state index contributed by atoms with van der Waals surface area (Å²) in [5.74, 6) is 0.590. The zero-order valence-electron chi connectivity index (χ0n) is 11.9. The third kappa shape index (κ3) is 3.65. The van der Waals surface area contributed by atoms with Crippen molar-refractivity contribution in [3.8, 4) is 0 Å². The summed E-state index contributed by atoms with van der Waals surface area (Å²) < 4.78 is 0. The Morgan fingerprint density at radius 1 is 1.00 bits per heavy atom. The lowest BCUT2D eigenvalue weighted by Crippen LogP contribution is -2.46. The van der Waals surface area contributed by atoms with Crippen LogP contribution in [-0.2, 0) is 6.54 Å². The molecule has 1 aliphatic rings. The fourth-order valence-corrected chi connectivity index (χ4v) is 2.76. The maximum absolute atomic E-state index is 5.93. The molecule has 0 saturated carbocycles. The maximum Gasteiger partial charge on any atom is 0.123 e. The van der Waals surface area contributed by atoms with Gasteiger partial charge in [0, 0.05) is 43.4 Å². The largest absolute Gasteiger partial charge is 0.384 e. The number of pyridine rings is 1. The lowest BCUT2D eigenvalue weighted by molar-refractivity contribution is 0.247. The molecule has 1 aromatic heterocycles. The van der Waals surface area contributed by atoms with Crippen molar-refractivity contribution in [1.82, 2.24) is 9.88 Å². The van der Waals surface area contributed by atoms with Crippen LogP contribution in [0.3, 0.4) is 0 Å². The lowest BCUT2D eigenvalue weighted by Gasteiger charge is -2.36. The molecule has 21 heavy (non-hydrogen) atoms. The molecule has 1 saturated heterocycles. The molecule has 0 amide bonds. The number of hydrogen-bond acceptors (Lipinski definition) is 4. The van der Waals surface area contributed by atoms with E-state index in [0.717, 1.165) is 43.4 Å². The van der Waals surface area contributed by atoms with Gasteiger partial charge in [0.25, 0.3) is 0 Å². The Kier molecular flexibility index (Phi) is 4.27. The van der Waals surface area contributed by atoms with E-state index in [-0.39, 0.29) is 0 Å². The Labute approximate surface area is 130 Å². The molecule has 3 rings (SSSR count). The van der Waals surface area contributed by atoms with E-state index in [1.807, 2.05) is 30.3 Å². The number of benzene rings is 1. The summed E-state index contributed by atoms with van der Waals surface area (Å²) in [4.78, 5) is 9.16. The minimum absolute atomic E-state index is 0.590. The molecule has 2 heterocycles. The van der Waals surface area contributed by atoms with E-state index in [1.54, 1.807) is 0 Å². The third-order valence-corrected chi connectivity index (χ3v) is 4.03. The maximum atomic E-state index is 5.93. The number of halogens is 1. The summed E-state index contributed by atoms with van der Waals surface area (Å²) in [6, 6.07) is 13.9. The highest BCUT2D eigenvalue weighted by atomic mass is 35.5. The molecule has 1 aromatic carbocycles. The molecule has 0 spiro atoms. The molecule has 0 radical (unpaired) electrons. The first-order valence-corrected chi connectivity index (χ1v) is 7.53. The second kappa shape index (κ2) is 6.33. The molecule has 2 aromatic rings. The van der Waals surface area contributed by atoms with E-state index < -0.39 is 0 Å². The average molecular weight is 303 g/mol. The normalized spacial score (nSPS) is 16.1. The summed E-state index contributed by atoms with van der Waals surface area (Å²) in [6.07, 6.45) is 0. The van der Waals surface area contributed by atoms with Crippen LogP contribution in [0.15, 0.2) is 42.5 Å². The van der Waals surface area contributed by atoms with Gasteiger partial charge in [-0.05, 0) is 36.4 Å². The Morgan fingerprint density at radius 2 is 1.71 bits per heavy atom. The van der Waals surface area contributed by atoms with Crippen molar-refractivity contribution in [3.63, 3.8) is 0 Å². The smallest absolute Gasteiger partial charge is 0.123 e. The first kappa shape index (κ1) is 14.2. The number of nitrogens with two attached hydrogens (primary N) is 1. The second-order valence-corrected chi connectivity index (χ2v) is 5.73. The van der Waals surface area contributed by atoms with Gasteiger partial charge < -0.3 is 10.6 Å². The van der Waals surface area contributed by atoms with Gasteiger partial charge >= 0.3 is 0 Å². The van der Waals surface area contributed by atoms with Gasteiger partial charge in [-0.3, -0.25) is 4.90 Å². The van der Waals surface area contributed by atoms with Crippen LogP contribution >= 0.6 is 11.6 Å². The van der Waals surface area contributed by atoms with E-state index in [1.165, 1.54) is 5.69 Å². The monoisotopic (exact) mass is 302 g/mol. The van der Waals surface area contributed by atoms with Crippen LogP contribution in [0.25, 0.3) is 0 Å². The average Bonchev–Trinajstić information content (AvgIpc) is 2.49. The standard InChI is InChI=1S/C16H19ClN4/c17-13-4-6-15(7-5-13)21-10-8-20(9-11-21)12-14-2-1-3-16(18)19-14/h1-7H,8-12H2,(H2,18,19). The molecule has 2 N–H and O–H groups in total. The van der Waals surface area contributed by atoms with Gasteiger partial charge in [-0.1, -0.05) is 17.7 Å². The molecular weight excluding hydrogens is 284 g/mol. The van der Waals surface area contributed by atoms with Crippen molar-refractivity contribution in [2.45, 2.75) is 6.54 Å². The SMILES string of the molecule is Nc1cccc(CN2CCN(c3ccc(Cl)cc3)CC2)n1. The van der Waals surface area contributed by atoms with Gasteiger partial charge in [0.1, 0.15) is 5.82 Å². The van der Waals surface area contributed by atoms with Gasteiger partial charge in [0.15, 0.2) is 0 Å². The Bertz CT molecular complexity index is 591. The molecule has 4 nitrogen and oxygen atoms in total. The minimum atomic E-state index is 0.590. The van der Waals surface area contributed by atoms with E-state index in [4.69, 9.17) is 17.3 Å². The predicted octanol–water partition coefficient (Wildman–Crippen LogP) is 2.64. The summed E-state index contributed by atoms with van der Waals surface area (Å²) in [5.41, 5.74) is 8.00. The van der Waals surface area contributed by atoms with E-state index in [2.05, 4.69) is 26.9 Å². The number of anilines is 2. The second-order valence-electron chi connectivity index (χ2n) is 5.29. The highest BCUT2D eigenvalue weighted by Crippen LogP contribution is 2.19. The van der Waals surface area contributed by atoms with E-state index in [9.17, 15) is 0 Å². The van der Waals surface area contributed by atoms with Gasteiger partial charge in [-0.25, -0.2) is 4.98 Å². The molecule has 0 bridgehead atoms. The van der Waals surface area contributed by atoms with Crippen LogP contribution in [0.5, 0.6) is 0 Å². The van der Waals surface area contributed by atoms with Crippen molar-refractivity contribution in [2.24, 2.45) is 0 Å². The molecular formula is C16H19ClN4. The fourth-order valence-electron chi connectivity index (χ4n) is 2.63. The molecule has 5 heteroatoms. The van der Waals surface area contributed by atoms with Gasteiger partial charge in [-0.15, -0.1) is 0 Å².